The van der Waals surface area contributed by atoms with Crippen LogP contribution in [0.25, 0.3) is 0 Å². The maximum absolute atomic E-state index is 11.8. The Kier molecular flexibility index (Phi) is 4.18. The molecule has 2 amide bonds. The van der Waals surface area contributed by atoms with Gasteiger partial charge in [-0.3, -0.25) is 9.59 Å². The summed E-state index contributed by atoms with van der Waals surface area (Å²) < 4.78 is 0. The molecule has 0 radical (unpaired) electrons. The second kappa shape index (κ2) is 6.04. The molecule has 0 fully saturated rings. The summed E-state index contributed by atoms with van der Waals surface area (Å²) in [5.74, 6) is -0.325. The second-order valence-corrected chi connectivity index (χ2v) is 4.40. The van der Waals surface area contributed by atoms with Gasteiger partial charge in [-0.05, 0) is 30.7 Å². The fraction of sp³-hybridized carbons (Fsp3) is 0.286. The summed E-state index contributed by atoms with van der Waals surface area (Å²) in [4.78, 5) is 25.4. The Morgan fingerprint density at radius 2 is 1.95 bits per heavy atom. The Morgan fingerprint density at radius 3 is 2.58 bits per heavy atom. The first-order valence-electron chi connectivity index (χ1n) is 6.23. The van der Waals surface area contributed by atoms with E-state index in [1.807, 2.05) is 6.08 Å². The van der Waals surface area contributed by atoms with Gasteiger partial charge in [-0.1, -0.05) is 12.2 Å². The molecule has 19 heavy (non-hydrogen) atoms. The van der Waals surface area contributed by atoms with Gasteiger partial charge in [0.2, 0.25) is 5.91 Å². The lowest BCUT2D eigenvalue weighted by molar-refractivity contribution is -0.129. The van der Waals surface area contributed by atoms with Gasteiger partial charge in [-0.15, -0.1) is 0 Å². The van der Waals surface area contributed by atoms with Crippen LogP contribution in [0.5, 0.6) is 0 Å². The molecular weight excluding hydrogens is 242 g/mol. The third-order valence-electron chi connectivity index (χ3n) is 2.98. The zero-order valence-corrected chi connectivity index (χ0v) is 10.6. The summed E-state index contributed by atoms with van der Waals surface area (Å²) in [6, 6.07) is 6.59. The molecular formula is C14H17N3O2. The van der Waals surface area contributed by atoms with E-state index in [1.165, 1.54) is 0 Å². The van der Waals surface area contributed by atoms with Crippen molar-refractivity contribution in [3.05, 3.63) is 42.0 Å². The van der Waals surface area contributed by atoms with Crippen molar-refractivity contribution in [2.24, 2.45) is 0 Å². The lowest BCUT2D eigenvalue weighted by atomic mass is 10.2. The smallest absolute Gasteiger partial charge is 0.251 e. The van der Waals surface area contributed by atoms with Gasteiger partial charge in [0.05, 0.1) is 6.54 Å². The first kappa shape index (κ1) is 13.1. The summed E-state index contributed by atoms with van der Waals surface area (Å²) in [5.41, 5.74) is 6.65. The van der Waals surface area contributed by atoms with E-state index >= 15 is 0 Å². The Labute approximate surface area is 112 Å². The van der Waals surface area contributed by atoms with E-state index in [4.69, 9.17) is 5.73 Å². The van der Waals surface area contributed by atoms with Crippen molar-refractivity contribution < 1.29 is 9.59 Å². The van der Waals surface area contributed by atoms with Gasteiger partial charge in [-0.25, -0.2) is 0 Å². The van der Waals surface area contributed by atoms with Crippen LogP contribution in [0, 0.1) is 0 Å². The molecule has 5 heteroatoms. The van der Waals surface area contributed by atoms with Gasteiger partial charge in [-0.2, -0.15) is 0 Å². The number of carbonyl (C=O) groups is 2. The standard InChI is InChI=1S/C14H17N3O2/c15-12-6-4-11(5-7-12)14(19)16-10-13(18)17-8-2-1-3-9-17/h1-2,4-7H,3,8-10,15H2,(H,16,19). The summed E-state index contributed by atoms with van der Waals surface area (Å²) in [5, 5.41) is 2.62. The molecule has 0 unspecified atom stereocenters. The molecule has 0 aromatic heterocycles. The second-order valence-electron chi connectivity index (χ2n) is 4.40. The van der Waals surface area contributed by atoms with E-state index in [1.54, 1.807) is 29.2 Å². The highest BCUT2D eigenvalue weighted by Gasteiger charge is 2.14. The molecule has 1 aliphatic rings. The number of amides is 2. The molecule has 1 aromatic rings. The molecule has 0 aliphatic carbocycles. The number of hydrogen-bond donors (Lipinski definition) is 2. The number of carbonyl (C=O) groups excluding carboxylic acids is 2. The first-order chi connectivity index (χ1) is 9.16. The average Bonchev–Trinajstić information content (AvgIpc) is 2.46. The van der Waals surface area contributed by atoms with Gasteiger partial charge in [0, 0.05) is 24.3 Å². The number of nitrogens with one attached hydrogen (secondary N) is 1. The topological polar surface area (TPSA) is 75.4 Å². The Morgan fingerprint density at radius 1 is 1.21 bits per heavy atom. The average molecular weight is 259 g/mol. The van der Waals surface area contributed by atoms with Crippen LogP contribution in [0.2, 0.25) is 0 Å². The Balaban J connectivity index is 1.84. The molecule has 2 rings (SSSR count). The molecule has 0 bridgehead atoms. The summed E-state index contributed by atoms with van der Waals surface area (Å²) in [6.45, 7) is 1.36. The number of nitrogen functional groups attached to an aromatic ring is 1. The van der Waals surface area contributed by atoms with Crippen molar-refractivity contribution in [3.63, 3.8) is 0 Å². The van der Waals surface area contributed by atoms with Gasteiger partial charge in [0.15, 0.2) is 0 Å². The van der Waals surface area contributed by atoms with Gasteiger partial charge in [0.25, 0.3) is 5.91 Å². The molecule has 100 valence electrons. The zero-order valence-electron chi connectivity index (χ0n) is 10.6. The van der Waals surface area contributed by atoms with Crippen LogP contribution in [0.15, 0.2) is 36.4 Å². The third-order valence-corrected chi connectivity index (χ3v) is 2.98. The van der Waals surface area contributed by atoms with Crippen LogP contribution in [0.4, 0.5) is 5.69 Å². The maximum Gasteiger partial charge on any atom is 0.251 e. The molecule has 0 atom stereocenters. The van der Waals surface area contributed by atoms with Crippen molar-refractivity contribution >= 4 is 17.5 Å². The largest absolute Gasteiger partial charge is 0.399 e. The van der Waals surface area contributed by atoms with Crippen molar-refractivity contribution in [2.45, 2.75) is 6.42 Å². The Bertz CT molecular complexity index is 494. The molecule has 1 aromatic carbocycles. The van der Waals surface area contributed by atoms with E-state index in [9.17, 15) is 9.59 Å². The third kappa shape index (κ3) is 3.58. The highest BCUT2D eigenvalue weighted by molar-refractivity contribution is 5.96. The fourth-order valence-corrected chi connectivity index (χ4v) is 1.87. The van der Waals surface area contributed by atoms with Crippen molar-refractivity contribution in [1.82, 2.24) is 10.2 Å². The monoisotopic (exact) mass is 259 g/mol. The molecule has 0 saturated heterocycles. The first-order valence-corrected chi connectivity index (χ1v) is 6.23. The Hall–Kier alpha value is -2.30. The number of rotatable bonds is 3. The van der Waals surface area contributed by atoms with E-state index in [-0.39, 0.29) is 18.4 Å². The van der Waals surface area contributed by atoms with Crippen molar-refractivity contribution in [2.75, 3.05) is 25.4 Å². The highest BCUT2D eigenvalue weighted by Crippen LogP contribution is 2.05. The van der Waals surface area contributed by atoms with E-state index in [0.29, 0.717) is 24.3 Å². The maximum atomic E-state index is 11.8. The highest BCUT2D eigenvalue weighted by atomic mass is 16.2. The number of anilines is 1. The molecule has 5 nitrogen and oxygen atoms in total. The van der Waals surface area contributed by atoms with E-state index in [2.05, 4.69) is 11.4 Å². The van der Waals surface area contributed by atoms with Gasteiger partial charge >= 0.3 is 0 Å². The molecule has 1 heterocycles. The summed E-state index contributed by atoms with van der Waals surface area (Å²) in [7, 11) is 0. The van der Waals surface area contributed by atoms with E-state index < -0.39 is 0 Å². The molecule has 0 spiro atoms. The summed E-state index contributed by atoms with van der Waals surface area (Å²) >= 11 is 0. The minimum absolute atomic E-state index is 0.0249. The number of hydrogen-bond acceptors (Lipinski definition) is 3. The van der Waals surface area contributed by atoms with Crippen LogP contribution in [-0.2, 0) is 4.79 Å². The van der Waals surface area contributed by atoms with Crippen LogP contribution in [-0.4, -0.2) is 36.3 Å². The lowest BCUT2D eigenvalue weighted by Gasteiger charge is -2.23. The predicted molar refractivity (Wildman–Crippen MR) is 73.5 cm³/mol. The lowest BCUT2D eigenvalue weighted by Crippen LogP contribution is -2.41. The molecule has 1 aliphatic heterocycles. The van der Waals surface area contributed by atoms with Crippen LogP contribution in [0.3, 0.4) is 0 Å². The quantitative estimate of drug-likeness (QED) is 0.622. The minimum Gasteiger partial charge on any atom is -0.399 e. The molecule has 0 saturated carbocycles. The number of nitrogens with two attached hydrogens (primary N) is 1. The van der Waals surface area contributed by atoms with Crippen LogP contribution >= 0.6 is 0 Å². The van der Waals surface area contributed by atoms with Gasteiger partial charge < -0.3 is 16.0 Å². The van der Waals surface area contributed by atoms with Crippen LogP contribution < -0.4 is 11.1 Å². The van der Waals surface area contributed by atoms with Gasteiger partial charge in [0.1, 0.15) is 0 Å². The predicted octanol–water partition coefficient (Wildman–Crippen LogP) is 0.787. The zero-order chi connectivity index (χ0) is 13.7. The number of benzene rings is 1. The normalized spacial score (nSPS) is 14.2. The summed E-state index contributed by atoms with van der Waals surface area (Å²) in [6.07, 6.45) is 4.89. The van der Waals surface area contributed by atoms with Crippen LogP contribution in [0.1, 0.15) is 16.8 Å². The van der Waals surface area contributed by atoms with E-state index in [0.717, 1.165) is 6.42 Å². The minimum atomic E-state index is -0.263. The van der Waals surface area contributed by atoms with Crippen molar-refractivity contribution in [1.29, 1.82) is 0 Å². The van der Waals surface area contributed by atoms with Crippen molar-refractivity contribution in [3.8, 4) is 0 Å². The molecule has 3 N–H and O–H groups in total. The fourth-order valence-electron chi connectivity index (χ4n) is 1.87. The number of nitrogens with zero attached hydrogens (tertiary/aromatic N) is 1. The SMILES string of the molecule is Nc1ccc(C(=O)NCC(=O)N2CC=CCC2)cc1.